The summed E-state index contributed by atoms with van der Waals surface area (Å²) >= 11 is 0. The summed E-state index contributed by atoms with van der Waals surface area (Å²) in [5, 5.41) is 21.6. The molecule has 0 bridgehead atoms. The highest BCUT2D eigenvalue weighted by atomic mass is 19.1. The van der Waals surface area contributed by atoms with Gasteiger partial charge in [0.1, 0.15) is 19.0 Å². The smallest absolute Gasteiger partial charge is 0.341 e. The molecule has 2 rings (SSSR count). The van der Waals surface area contributed by atoms with Gasteiger partial charge in [-0.3, -0.25) is 20.2 Å². The third-order valence-electron chi connectivity index (χ3n) is 3.02. The van der Waals surface area contributed by atoms with Gasteiger partial charge in [-0.05, 0) is 18.2 Å². The summed E-state index contributed by atoms with van der Waals surface area (Å²) in [6.45, 7) is -0.542. The molecule has 0 aliphatic heterocycles. The number of carbonyl (C=O) groups is 1. The molecule has 0 atom stereocenters. The van der Waals surface area contributed by atoms with E-state index in [9.17, 15) is 29.4 Å². The average molecular weight is 350 g/mol. The summed E-state index contributed by atoms with van der Waals surface area (Å²) in [5.41, 5.74) is -1.29. The van der Waals surface area contributed by atoms with Crippen LogP contribution in [-0.2, 0) is 4.74 Å². The third-order valence-corrected chi connectivity index (χ3v) is 3.02. The van der Waals surface area contributed by atoms with Crippen LogP contribution in [0.3, 0.4) is 0 Å². The zero-order chi connectivity index (χ0) is 18.4. The lowest BCUT2D eigenvalue weighted by Crippen LogP contribution is -2.14. The normalized spacial score (nSPS) is 10.1. The molecule has 130 valence electrons. The molecule has 0 N–H and O–H groups in total. The second kappa shape index (κ2) is 7.81. The van der Waals surface area contributed by atoms with Gasteiger partial charge in [0.05, 0.1) is 21.5 Å². The fraction of sp³-hybridized carbons (Fsp3) is 0.133. The average Bonchev–Trinajstić information content (AvgIpc) is 2.58. The summed E-state index contributed by atoms with van der Waals surface area (Å²) in [7, 11) is 0. The highest BCUT2D eigenvalue weighted by Crippen LogP contribution is 2.30. The van der Waals surface area contributed by atoms with Crippen molar-refractivity contribution < 1.29 is 28.5 Å². The number of rotatable bonds is 7. The molecule has 25 heavy (non-hydrogen) atoms. The van der Waals surface area contributed by atoms with Crippen LogP contribution in [0.25, 0.3) is 0 Å². The van der Waals surface area contributed by atoms with Gasteiger partial charge in [-0.2, -0.15) is 0 Å². The Morgan fingerprint density at radius 1 is 1.04 bits per heavy atom. The Morgan fingerprint density at radius 3 is 2.40 bits per heavy atom. The Hall–Kier alpha value is -3.56. The van der Waals surface area contributed by atoms with Crippen LogP contribution < -0.4 is 4.74 Å². The van der Waals surface area contributed by atoms with Gasteiger partial charge in [-0.15, -0.1) is 0 Å². The first-order valence-corrected chi connectivity index (χ1v) is 6.87. The van der Waals surface area contributed by atoms with Crippen LogP contribution in [0.4, 0.5) is 15.8 Å². The highest BCUT2D eigenvalue weighted by molar-refractivity contribution is 5.89. The topological polar surface area (TPSA) is 122 Å². The van der Waals surface area contributed by atoms with Crippen molar-refractivity contribution in [2.45, 2.75) is 0 Å². The number of nitrogens with zero attached hydrogens (tertiary/aromatic N) is 2. The molecule has 0 saturated carbocycles. The molecule has 10 heteroatoms. The van der Waals surface area contributed by atoms with Crippen LogP contribution in [0, 0.1) is 26.0 Å². The zero-order valence-corrected chi connectivity index (χ0v) is 12.6. The lowest BCUT2D eigenvalue weighted by Gasteiger charge is -2.08. The van der Waals surface area contributed by atoms with Crippen LogP contribution in [0.5, 0.6) is 5.75 Å². The predicted molar refractivity (Wildman–Crippen MR) is 81.9 cm³/mol. The highest BCUT2D eigenvalue weighted by Gasteiger charge is 2.20. The number of nitro benzene ring substituents is 2. The molecule has 0 heterocycles. The van der Waals surface area contributed by atoms with E-state index >= 15 is 0 Å². The molecular formula is C15H11FN2O7. The van der Waals surface area contributed by atoms with Gasteiger partial charge >= 0.3 is 11.7 Å². The minimum atomic E-state index is -0.903. The van der Waals surface area contributed by atoms with Crippen molar-refractivity contribution in [1.29, 1.82) is 0 Å². The van der Waals surface area contributed by atoms with E-state index in [-0.39, 0.29) is 24.5 Å². The van der Waals surface area contributed by atoms with E-state index in [1.807, 2.05) is 0 Å². The van der Waals surface area contributed by atoms with Crippen molar-refractivity contribution in [2.75, 3.05) is 13.2 Å². The number of hydrogen-bond acceptors (Lipinski definition) is 7. The van der Waals surface area contributed by atoms with Gasteiger partial charge in [-0.1, -0.05) is 12.1 Å². The molecule has 0 spiro atoms. The molecule has 2 aromatic carbocycles. The number of nitro groups is 2. The second-order valence-corrected chi connectivity index (χ2v) is 4.63. The van der Waals surface area contributed by atoms with Gasteiger partial charge < -0.3 is 9.47 Å². The Bertz CT molecular complexity index is 825. The van der Waals surface area contributed by atoms with E-state index in [1.54, 1.807) is 0 Å². The summed E-state index contributed by atoms with van der Waals surface area (Å²) in [6.07, 6.45) is 0. The minimum Gasteiger partial charge on any atom is -0.483 e. The monoisotopic (exact) mass is 350 g/mol. The maximum absolute atomic E-state index is 13.4. The number of non-ortho nitro benzene ring substituents is 1. The van der Waals surface area contributed by atoms with E-state index < -0.39 is 33.0 Å². The number of esters is 1. The fourth-order valence-corrected chi connectivity index (χ4v) is 1.87. The fourth-order valence-electron chi connectivity index (χ4n) is 1.87. The van der Waals surface area contributed by atoms with Crippen molar-refractivity contribution in [3.05, 3.63) is 74.1 Å². The Labute approximate surface area is 139 Å². The van der Waals surface area contributed by atoms with Crippen molar-refractivity contribution in [2.24, 2.45) is 0 Å². The molecule has 0 unspecified atom stereocenters. The number of ether oxygens (including phenoxy) is 2. The number of carbonyl (C=O) groups excluding carboxylic acids is 1. The molecule has 0 aromatic heterocycles. The predicted octanol–water partition coefficient (Wildman–Crippen LogP) is 2.88. The van der Waals surface area contributed by atoms with Gasteiger partial charge in [0.2, 0.25) is 0 Å². The van der Waals surface area contributed by atoms with Gasteiger partial charge in [0.25, 0.3) is 5.69 Å². The molecule has 0 fully saturated rings. The first-order valence-electron chi connectivity index (χ1n) is 6.87. The van der Waals surface area contributed by atoms with Crippen molar-refractivity contribution in [3.63, 3.8) is 0 Å². The lowest BCUT2D eigenvalue weighted by molar-refractivity contribution is -0.394. The maximum Gasteiger partial charge on any atom is 0.341 e. The first-order chi connectivity index (χ1) is 11.9. The molecule has 9 nitrogen and oxygen atoms in total. The Kier molecular flexibility index (Phi) is 5.56. The molecule has 0 saturated heterocycles. The van der Waals surface area contributed by atoms with Gasteiger partial charge in [0, 0.05) is 6.07 Å². The quantitative estimate of drug-likeness (QED) is 0.325. The van der Waals surface area contributed by atoms with Gasteiger partial charge in [0.15, 0.2) is 5.75 Å². The van der Waals surface area contributed by atoms with Crippen LogP contribution in [0.2, 0.25) is 0 Å². The lowest BCUT2D eigenvalue weighted by atomic mass is 10.2. The maximum atomic E-state index is 13.4. The largest absolute Gasteiger partial charge is 0.483 e. The third kappa shape index (κ3) is 4.47. The van der Waals surface area contributed by atoms with Crippen LogP contribution >= 0.6 is 0 Å². The first kappa shape index (κ1) is 17.8. The van der Waals surface area contributed by atoms with Crippen molar-refractivity contribution >= 4 is 17.3 Å². The number of halogens is 1. The van der Waals surface area contributed by atoms with Crippen LogP contribution in [0.15, 0.2) is 42.5 Å². The summed E-state index contributed by atoms with van der Waals surface area (Å²) in [5.74, 6) is -1.85. The summed E-state index contributed by atoms with van der Waals surface area (Å²) < 4.78 is 23.3. The van der Waals surface area contributed by atoms with Crippen molar-refractivity contribution in [1.82, 2.24) is 0 Å². The standard InChI is InChI=1S/C15H11FN2O7/c16-12-4-2-1-3-11(12)15(19)25-8-7-24-14-6-5-10(17(20)21)9-13(14)18(22)23/h1-6,9H,7-8H2. The summed E-state index contributed by atoms with van der Waals surface area (Å²) in [6, 6.07) is 8.13. The molecule has 0 aliphatic rings. The van der Waals surface area contributed by atoms with E-state index in [1.165, 1.54) is 18.2 Å². The molecular weight excluding hydrogens is 339 g/mol. The second-order valence-electron chi connectivity index (χ2n) is 4.63. The molecule has 0 radical (unpaired) electrons. The molecule has 0 aliphatic carbocycles. The van der Waals surface area contributed by atoms with E-state index in [0.29, 0.717) is 0 Å². The Balaban J connectivity index is 1.96. The minimum absolute atomic E-state index is 0.211. The van der Waals surface area contributed by atoms with Gasteiger partial charge in [-0.25, -0.2) is 9.18 Å². The van der Waals surface area contributed by atoms with Crippen molar-refractivity contribution in [3.8, 4) is 5.75 Å². The van der Waals surface area contributed by atoms with Crippen LogP contribution in [0.1, 0.15) is 10.4 Å². The van der Waals surface area contributed by atoms with Crippen LogP contribution in [-0.4, -0.2) is 29.0 Å². The van der Waals surface area contributed by atoms with E-state index in [2.05, 4.69) is 0 Å². The number of hydrogen-bond donors (Lipinski definition) is 0. The molecule has 2 aromatic rings. The zero-order valence-electron chi connectivity index (χ0n) is 12.6. The molecule has 0 amide bonds. The number of benzene rings is 2. The van der Waals surface area contributed by atoms with E-state index in [0.717, 1.165) is 24.3 Å². The SMILES string of the molecule is O=C(OCCOc1ccc([N+](=O)[O-])cc1[N+](=O)[O-])c1ccccc1F. The Morgan fingerprint density at radius 2 is 1.76 bits per heavy atom. The summed E-state index contributed by atoms with van der Waals surface area (Å²) in [4.78, 5) is 31.6. The van der Waals surface area contributed by atoms with E-state index in [4.69, 9.17) is 9.47 Å².